The van der Waals surface area contributed by atoms with Crippen LogP contribution < -0.4 is 16.4 Å². The third-order valence-corrected chi connectivity index (χ3v) is 13.7. The van der Waals surface area contributed by atoms with Crippen molar-refractivity contribution in [2.75, 3.05) is 43.8 Å². The van der Waals surface area contributed by atoms with Crippen molar-refractivity contribution < 1.29 is 23.3 Å². The molecule has 5 aromatic rings. The van der Waals surface area contributed by atoms with Gasteiger partial charge in [-0.3, -0.25) is 24.7 Å². The van der Waals surface area contributed by atoms with Crippen LogP contribution in [0.5, 0.6) is 0 Å². The first-order valence-corrected chi connectivity index (χ1v) is 23.5. The van der Waals surface area contributed by atoms with Gasteiger partial charge in [-0.15, -0.1) is 0 Å². The molecule has 4 N–H and O–H groups in total. The minimum atomic E-state index is -0.531. The fourth-order valence-electron chi connectivity index (χ4n) is 9.86. The van der Waals surface area contributed by atoms with E-state index in [1.165, 1.54) is 18.0 Å². The van der Waals surface area contributed by atoms with Crippen molar-refractivity contribution in [3.05, 3.63) is 65.6 Å². The van der Waals surface area contributed by atoms with Gasteiger partial charge < -0.3 is 25.4 Å². The molecule has 1 atom stereocenters. The first-order valence-electron chi connectivity index (χ1n) is 23.5. The summed E-state index contributed by atoms with van der Waals surface area (Å²) in [7, 11) is 0. The summed E-state index contributed by atoms with van der Waals surface area (Å²) in [5, 5.41) is 15.5. The molecule has 4 aliphatic rings. The van der Waals surface area contributed by atoms with Crippen molar-refractivity contribution in [2.24, 2.45) is 0 Å². The number of nitrogens with two attached hydrogens (primary N) is 1. The molecular formula is C48H60FN11O4. The maximum atomic E-state index is 15.2. The molecule has 15 nitrogen and oxygen atoms in total. The number of pyridine rings is 1. The molecule has 1 aromatic carbocycles. The van der Waals surface area contributed by atoms with E-state index in [-0.39, 0.29) is 41.9 Å². The highest BCUT2D eigenvalue weighted by Gasteiger charge is 2.36. The molecular weight excluding hydrogens is 814 g/mol. The number of rotatable bonds is 16. The van der Waals surface area contributed by atoms with E-state index < -0.39 is 6.04 Å². The van der Waals surface area contributed by atoms with Crippen molar-refractivity contribution in [2.45, 2.75) is 134 Å². The molecule has 4 aromatic heterocycles. The van der Waals surface area contributed by atoms with Crippen molar-refractivity contribution in [3.63, 3.8) is 0 Å². The molecule has 16 heteroatoms. The van der Waals surface area contributed by atoms with Gasteiger partial charge in [0, 0.05) is 49.8 Å². The summed E-state index contributed by atoms with van der Waals surface area (Å²) in [6.07, 6.45) is 15.9. The van der Waals surface area contributed by atoms with Gasteiger partial charge in [0.25, 0.3) is 0 Å². The van der Waals surface area contributed by atoms with E-state index in [2.05, 4.69) is 56.6 Å². The highest BCUT2D eigenvalue weighted by molar-refractivity contribution is 6.02. The van der Waals surface area contributed by atoms with Crippen LogP contribution in [0.3, 0.4) is 0 Å². The number of nitrogens with zero attached hydrogens (tertiary/aromatic N) is 8. The average molecular weight is 874 g/mol. The third-order valence-electron chi connectivity index (χ3n) is 13.7. The standard InChI is InChI=1S/C48H60FN11O4/c1-29(2)60-47-42(46(50)52-28-53-47)43(56-60)44-41(45(64-57-44)32-9-10-32)37-14-11-33(27-51-37)30-19-24-59(25-20-30)40(62)8-6-4-3-5-7-21-58-22-17-31(18-23-58)35-13-12-34(26-36(35)49)54-38-15-16-39(61)55-48(38)63/h11-14,26-32,38,54H,3-10,15-25H2,1-2H3,(H2,50,52,53)(H,55,61,63). The SMILES string of the molecule is CC(C)n1nc(-c2noc(C3CC3)c2-c2ccc(C3CCN(C(=O)CCCCCCCN4CCC(c5ccc(NC6CCC(=O)NC6=O)cc5F)CC4)CC3)cn2)c2c(N)ncnc21. The van der Waals surface area contributed by atoms with Gasteiger partial charge in [-0.25, -0.2) is 19.0 Å². The highest BCUT2D eigenvalue weighted by atomic mass is 19.1. The van der Waals surface area contributed by atoms with Gasteiger partial charge in [-0.2, -0.15) is 5.10 Å². The fraction of sp³-hybridized carbons (Fsp3) is 0.542. The summed E-state index contributed by atoms with van der Waals surface area (Å²) >= 11 is 0. The number of imide groups is 1. The second-order valence-corrected chi connectivity index (χ2v) is 18.5. The fourth-order valence-corrected chi connectivity index (χ4v) is 9.86. The number of nitrogen functional groups attached to an aromatic ring is 1. The zero-order valence-electron chi connectivity index (χ0n) is 37.0. The molecule has 3 amide bonds. The number of benzene rings is 1. The van der Waals surface area contributed by atoms with Crippen molar-refractivity contribution in [3.8, 4) is 22.6 Å². The number of fused-ring (bicyclic) bond motifs is 1. The van der Waals surface area contributed by atoms with Gasteiger partial charge in [0.2, 0.25) is 17.7 Å². The minimum absolute atomic E-state index is 0.0568. The molecule has 7 heterocycles. The normalized spacial score (nSPS) is 19.2. The number of hydrogen-bond acceptors (Lipinski definition) is 12. The lowest BCUT2D eigenvalue weighted by Crippen LogP contribution is -2.47. The smallest absolute Gasteiger partial charge is 0.249 e. The van der Waals surface area contributed by atoms with Gasteiger partial charge >= 0.3 is 0 Å². The molecule has 338 valence electrons. The number of carbonyl (C=O) groups is 3. The van der Waals surface area contributed by atoms with E-state index >= 15 is 4.39 Å². The van der Waals surface area contributed by atoms with E-state index in [0.29, 0.717) is 58.6 Å². The first-order chi connectivity index (χ1) is 31.1. The quantitative estimate of drug-likeness (QED) is 0.0644. The summed E-state index contributed by atoms with van der Waals surface area (Å²) in [6.45, 7) is 8.58. The monoisotopic (exact) mass is 873 g/mol. The Morgan fingerprint density at radius 2 is 1.66 bits per heavy atom. The molecule has 9 rings (SSSR count). The summed E-state index contributed by atoms with van der Waals surface area (Å²) in [5.41, 5.74) is 12.4. The third kappa shape index (κ3) is 9.52. The first kappa shape index (κ1) is 43.5. The van der Waals surface area contributed by atoms with Crippen LogP contribution in [0.25, 0.3) is 33.7 Å². The van der Waals surface area contributed by atoms with Crippen molar-refractivity contribution >= 4 is 40.3 Å². The molecule has 3 saturated heterocycles. The van der Waals surface area contributed by atoms with Gasteiger partial charge in [0.15, 0.2) is 5.65 Å². The number of likely N-dealkylation sites (tertiary alicyclic amines) is 2. The largest absolute Gasteiger partial charge is 0.383 e. The van der Waals surface area contributed by atoms with Gasteiger partial charge in [0.05, 0.1) is 16.6 Å². The van der Waals surface area contributed by atoms with E-state index in [9.17, 15) is 14.4 Å². The Morgan fingerprint density at radius 3 is 2.38 bits per heavy atom. The molecule has 0 radical (unpaired) electrons. The Balaban J connectivity index is 0.683. The number of nitrogens with one attached hydrogen (secondary N) is 2. The number of piperidine rings is 3. The van der Waals surface area contributed by atoms with Crippen LogP contribution in [0.2, 0.25) is 0 Å². The average Bonchev–Trinajstić information content (AvgIpc) is 3.92. The van der Waals surface area contributed by atoms with Crippen LogP contribution in [0.1, 0.15) is 144 Å². The zero-order valence-corrected chi connectivity index (χ0v) is 37.0. The number of halogens is 1. The van der Waals surface area contributed by atoms with E-state index in [0.717, 1.165) is 126 Å². The maximum absolute atomic E-state index is 15.2. The maximum Gasteiger partial charge on any atom is 0.249 e. The predicted octanol–water partition coefficient (Wildman–Crippen LogP) is 7.87. The van der Waals surface area contributed by atoms with Gasteiger partial charge in [-0.1, -0.05) is 36.6 Å². The van der Waals surface area contributed by atoms with Crippen LogP contribution in [0, 0.1) is 5.82 Å². The lowest BCUT2D eigenvalue weighted by molar-refractivity contribution is -0.134. The van der Waals surface area contributed by atoms with Crippen LogP contribution in [-0.4, -0.2) is 96.2 Å². The minimum Gasteiger partial charge on any atom is -0.383 e. The summed E-state index contributed by atoms with van der Waals surface area (Å²) in [5.74, 6) is 1.40. The Hall–Kier alpha value is -5.77. The second kappa shape index (κ2) is 19.1. The zero-order chi connectivity index (χ0) is 44.3. The predicted molar refractivity (Wildman–Crippen MR) is 242 cm³/mol. The highest BCUT2D eigenvalue weighted by Crippen LogP contribution is 2.48. The van der Waals surface area contributed by atoms with E-state index in [1.54, 1.807) is 0 Å². The summed E-state index contributed by atoms with van der Waals surface area (Å²) in [4.78, 5) is 55.0. The van der Waals surface area contributed by atoms with Crippen LogP contribution in [0.15, 0.2) is 47.4 Å². The van der Waals surface area contributed by atoms with E-state index in [1.807, 2.05) is 27.9 Å². The summed E-state index contributed by atoms with van der Waals surface area (Å²) < 4.78 is 23.0. The lowest BCUT2D eigenvalue weighted by atomic mass is 9.88. The Bertz CT molecular complexity index is 2460. The Labute approximate surface area is 373 Å². The number of amides is 3. The van der Waals surface area contributed by atoms with Crippen molar-refractivity contribution in [1.29, 1.82) is 0 Å². The molecule has 64 heavy (non-hydrogen) atoms. The summed E-state index contributed by atoms with van der Waals surface area (Å²) in [6, 6.07) is 8.91. The molecule has 1 unspecified atom stereocenters. The van der Waals surface area contributed by atoms with Crippen LogP contribution in [-0.2, 0) is 14.4 Å². The number of anilines is 2. The van der Waals surface area contributed by atoms with Crippen LogP contribution in [0.4, 0.5) is 15.9 Å². The number of unbranched alkanes of at least 4 members (excludes halogenated alkanes) is 4. The van der Waals surface area contributed by atoms with Crippen molar-refractivity contribution in [1.82, 2.24) is 45.0 Å². The molecule has 3 aliphatic heterocycles. The number of hydrogen-bond donors (Lipinski definition) is 3. The Morgan fingerprint density at radius 1 is 0.891 bits per heavy atom. The molecule has 1 saturated carbocycles. The number of aromatic nitrogens is 6. The lowest BCUT2D eigenvalue weighted by Gasteiger charge is -2.32. The molecule has 0 bridgehead atoms. The van der Waals surface area contributed by atoms with Crippen LogP contribution >= 0.6 is 0 Å². The molecule has 1 aliphatic carbocycles. The number of carbonyl (C=O) groups excluding carboxylic acids is 3. The van der Waals surface area contributed by atoms with Gasteiger partial charge in [0.1, 0.15) is 41.2 Å². The van der Waals surface area contributed by atoms with E-state index in [4.69, 9.17) is 20.3 Å². The molecule has 0 spiro atoms. The second-order valence-electron chi connectivity index (χ2n) is 18.5. The van der Waals surface area contributed by atoms with Gasteiger partial charge in [-0.05, 0) is 132 Å². The Kier molecular flexibility index (Phi) is 13.0. The topological polar surface area (TPSA) is 190 Å². The molecule has 4 fully saturated rings.